The van der Waals surface area contributed by atoms with E-state index < -0.39 is 5.60 Å². The second-order valence-corrected chi connectivity index (χ2v) is 8.16. The summed E-state index contributed by atoms with van der Waals surface area (Å²) >= 11 is 5.57. The van der Waals surface area contributed by atoms with Crippen molar-refractivity contribution in [3.8, 4) is 5.69 Å². The summed E-state index contributed by atoms with van der Waals surface area (Å²) in [5, 5.41) is 7.40. The number of amides is 1. The van der Waals surface area contributed by atoms with Crippen molar-refractivity contribution in [3.05, 3.63) is 41.4 Å². The van der Waals surface area contributed by atoms with Crippen LogP contribution < -0.4 is 5.32 Å². The van der Waals surface area contributed by atoms with E-state index in [9.17, 15) is 4.79 Å². The van der Waals surface area contributed by atoms with E-state index in [4.69, 9.17) is 17.0 Å². The molecule has 1 aliphatic heterocycles. The predicted molar refractivity (Wildman–Crippen MR) is 106 cm³/mol. The number of rotatable bonds is 4. The predicted octanol–water partition coefficient (Wildman–Crippen LogP) is 3.35. The molecule has 7 nitrogen and oxygen atoms in total. The summed E-state index contributed by atoms with van der Waals surface area (Å²) in [4.78, 5) is 14.2. The van der Waals surface area contributed by atoms with E-state index in [1.54, 1.807) is 6.33 Å². The van der Waals surface area contributed by atoms with E-state index in [0.717, 1.165) is 31.6 Å². The standard InChI is InChI=1S/C19H27N5O2S/c1-19(2,3)26-17(25)21-15-9-11-22(12-10-15)14-24-18(27)23(13-20-24)16-7-5-4-6-8-16/h4-8,13,15H,9-12,14H2,1-3H3,(H,21,25). The van der Waals surface area contributed by atoms with E-state index in [0.29, 0.717) is 11.4 Å². The fourth-order valence-electron chi connectivity index (χ4n) is 3.08. The number of hydrogen-bond acceptors (Lipinski definition) is 5. The van der Waals surface area contributed by atoms with Crippen LogP contribution in [0.1, 0.15) is 33.6 Å². The molecule has 0 bridgehead atoms. The lowest BCUT2D eigenvalue weighted by Crippen LogP contribution is -2.46. The van der Waals surface area contributed by atoms with Gasteiger partial charge in [-0.1, -0.05) is 18.2 Å². The molecule has 2 heterocycles. The van der Waals surface area contributed by atoms with Crippen molar-refractivity contribution in [3.63, 3.8) is 0 Å². The number of para-hydroxylation sites is 1. The van der Waals surface area contributed by atoms with Crippen LogP contribution >= 0.6 is 12.2 Å². The highest BCUT2D eigenvalue weighted by molar-refractivity contribution is 7.71. The van der Waals surface area contributed by atoms with Crippen LogP contribution in [0.5, 0.6) is 0 Å². The number of nitrogens with zero attached hydrogens (tertiary/aromatic N) is 4. The minimum absolute atomic E-state index is 0.144. The zero-order valence-corrected chi connectivity index (χ0v) is 16.9. The van der Waals surface area contributed by atoms with Crippen LogP contribution in [-0.2, 0) is 11.4 Å². The second kappa shape index (κ2) is 8.22. The third-order valence-corrected chi connectivity index (χ3v) is 4.82. The van der Waals surface area contributed by atoms with Gasteiger partial charge in [0.05, 0.1) is 6.67 Å². The maximum atomic E-state index is 11.9. The molecule has 0 unspecified atom stereocenters. The van der Waals surface area contributed by atoms with Gasteiger partial charge in [0.15, 0.2) is 0 Å². The topological polar surface area (TPSA) is 64.3 Å². The molecular formula is C19H27N5O2S. The van der Waals surface area contributed by atoms with Gasteiger partial charge in [-0.3, -0.25) is 9.47 Å². The van der Waals surface area contributed by atoms with Crippen LogP contribution in [0, 0.1) is 4.77 Å². The molecule has 1 aromatic heterocycles. The smallest absolute Gasteiger partial charge is 0.407 e. The zero-order chi connectivity index (χ0) is 19.4. The fourth-order valence-corrected chi connectivity index (χ4v) is 3.34. The minimum Gasteiger partial charge on any atom is -0.444 e. The second-order valence-electron chi connectivity index (χ2n) is 7.80. The van der Waals surface area contributed by atoms with E-state index in [1.807, 2.05) is 60.4 Å². The molecule has 3 rings (SSSR count). The number of carbonyl (C=O) groups excluding carboxylic acids is 1. The molecule has 2 aromatic rings. The molecule has 1 aromatic carbocycles. The molecule has 1 fully saturated rings. The summed E-state index contributed by atoms with van der Waals surface area (Å²) in [6.07, 6.45) is 3.18. The molecule has 0 aliphatic carbocycles. The largest absolute Gasteiger partial charge is 0.444 e. The molecule has 1 saturated heterocycles. The molecule has 1 N–H and O–H groups in total. The first-order valence-corrected chi connectivity index (χ1v) is 9.64. The van der Waals surface area contributed by atoms with Crippen LogP contribution in [0.25, 0.3) is 5.69 Å². The van der Waals surface area contributed by atoms with E-state index in [1.165, 1.54) is 0 Å². The van der Waals surface area contributed by atoms with Crippen LogP contribution in [0.2, 0.25) is 0 Å². The number of hydrogen-bond donors (Lipinski definition) is 1. The number of likely N-dealkylation sites (tertiary alicyclic amines) is 1. The van der Waals surface area contributed by atoms with Crippen molar-refractivity contribution >= 4 is 18.3 Å². The Morgan fingerprint density at radius 1 is 1.26 bits per heavy atom. The average molecular weight is 390 g/mol. The first kappa shape index (κ1) is 19.6. The quantitative estimate of drug-likeness (QED) is 0.813. The van der Waals surface area contributed by atoms with Crippen molar-refractivity contribution in [2.24, 2.45) is 0 Å². The average Bonchev–Trinajstić information content (AvgIpc) is 2.96. The van der Waals surface area contributed by atoms with Gasteiger partial charge in [0.2, 0.25) is 4.77 Å². The maximum Gasteiger partial charge on any atom is 0.407 e. The van der Waals surface area contributed by atoms with Gasteiger partial charge in [-0.2, -0.15) is 5.10 Å². The van der Waals surface area contributed by atoms with Gasteiger partial charge in [0.1, 0.15) is 11.9 Å². The van der Waals surface area contributed by atoms with Crippen molar-refractivity contribution in [2.45, 2.75) is 51.9 Å². The number of benzene rings is 1. The van der Waals surface area contributed by atoms with Gasteiger partial charge in [0.25, 0.3) is 0 Å². The summed E-state index contributed by atoms with van der Waals surface area (Å²) in [6, 6.07) is 10.1. The normalized spacial score (nSPS) is 16.3. The van der Waals surface area contributed by atoms with E-state index >= 15 is 0 Å². The summed E-state index contributed by atoms with van der Waals surface area (Å²) in [7, 11) is 0. The molecule has 1 amide bonds. The van der Waals surface area contributed by atoms with Crippen molar-refractivity contribution < 1.29 is 9.53 Å². The lowest BCUT2D eigenvalue weighted by Gasteiger charge is -2.32. The molecule has 0 atom stereocenters. The first-order chi connectivity index (χ1) is 12.8. The third-order valence-electron chi connectivity index (χ3n) is 4.41. The van der Waals surface area contributed by atoms with Crippen LogP contribution in [0.15, 0.2) is 36.7 Å². The highest BCUT2D eigenvalue weighted by atomic mass is 32.1. The number of carbonyl (C=O) groups is 1. The summed E-state index contributed by atoms with van der Waals surface area (Å²) < 4.78 is 9.75. The molecule has 0 saturated carbocycles. The molecule has 1 aliphatic rings. The Balaban J connectivity index is 1.52. The van der Waals surface area contributed by atoms with Crippen LogP contribution in [-0.4, -0.2) is 50.1 Å². The summed E-state index contributed by atoms with van der Waals surface area (Å²) in [5.74, 6) is 0. The Morgan fingerprint density at radius 2 is 1.93 bits per heavy atom. The van der Waals surface area contributed by atoms with Gasteiger partial charge in [-0.15, -0.1) is 0 Å². The Hall–Kier alpha value is -2.19. The van der Waals surface area contributed by atoms with Gasteiger partial charge < -0.3 is 10.1 Å². The van der Waals surface area contributed by atoms with E-state index in [-0.39, 0.29) is 12.1 Å². The number of alkyl carbamates (subject to hydrolysis) is 1. The number of nitrogens with one attached hydrogen (secondary N) is 1. The highest BCUT2D eigenvalue weighted by Crippen LogP contribution is 2.14. The fraction of sp³-hybridized carbons (Fsp3) is 0.526. The third kappa shape index (κ3) is 5.40. The lowest BCUT2D eigenvalue weighted by atomic mass is 10.1. The summed E-state index contributed by atoms with van der Waals surface area (Å²) in [5.41, 5.74) is 0.535. The van der Waals surface area contributed by atoms with E-state index in [2.05, 4.69) is 15.3 Å². The molecule has 0 radical (unpaired) electrons. The summed E-state index contributed by atoms with van der Waals surface area (Å²) in [6.45, 7) is 8.01. The maximum absolute atomic E-state index is 11.9. The SMILES string of the molecule is CC(C)(C)OC(=O)NC1CCN(Cn2ncn(-c3ccccc3)c2=S)CC1. The first-order valence-electron chi connectivity index (χ1n) is 9.23. The number of piperidine rings is 1. The Kier molecular flexibility index (Phi) is 5.96. The number of ether oxygens (including phenoxy) is 1. The van der Waals surface area contributed by atoms with Gasteiger partial charge >= 0.3 is 6.09 Å². The minimum atomic E-state index is -0.473. The van der Waals surface area contributed by atoms with Gasteiger partial charge in [0, 0.05) is 24.8 Å². The Morgan fingerprint density at radius 3 is 2.56 bits per heavy atom. The highest BCUT2D eigenvalue weighted by Gasteiger charge is 2.24. The molecule has 27 heavy (non-hydrogen) atoms. The zero-order valence-electron chi connectivity index (χ0n) is 16.1. The van der Waals surface area contributed by atoms with Crippen LogP contribution in [0.4, 0.5) is 4.79 Å². The molecule has 0 spiro atoms. The van der Waals surface area contributed by atoms with Gasteiger partial charge in [-0.25, -0.2) is 9.48 Å². The number of aromatic nitrogens is 3. The lowest BCUT2D eigenvalue weighted by molar-refractivity contribution is 0.0470. The molecular weight excluding hydrogens is 362 g/mol. The van der Waals surface area contributed by atoms with Crippen molar-refractivity contribution in [1.82, 2.24) is 24.6 Å². The Bertz CT molecular complexity index is 817. The monoisotopic (exact) mass is 389 g/mol. The van der Waals surface area contributed by atoms with Crippen molar-refractivity contribution in [1.29, 1.82) is 0 Å². The van der Waals surface area contributed by atoms with Crippen LogP contribution in [0.3, 0.4) is 0 Å². The van der Waals surface area contributed by atoms with Gasteiger partial charge in [-0.05, 0) is 58.0 Å². The molecule has 8 heteroatoms. The van der Waals surface area contributed by atoms with Crippen molar-refractivity contribution in [2.75, 3.05) is 13.1 Å². The molecule has 146 valence electrons. The Labute approximate surface area is 164 Å².